The Hall–Kier alpha value is -1.85. The number of rotatable bonds is 4. The Bertz CT molecular complexity index is 623. The van der Waals surface area contributed by atoms with Crippen LogP contribution in [-0.2, 0) is 16.0 Å². The van der Waals surface area contributed by atoms with Gasteiger partial charge in [0, 0.05) is 42.8 Å². The Morgan fingerprint density at radius 3 is 3.14 bits per heavy atom. The Morgan fingerprint density at radius 1 is 1.43 bits per heavy atom. The summed E-state index contributed by atoms with van der Waals surface area (Å²) in [5, 5.41) is 4.82. The number of carbonyl (C=O) groups excluding carboxylic acids is 1. The molecule has 1 saturated heterocycles. The van der Waals surface area contributed by atoms with Crippen LogP contribution in [0.5, 0.6) is 0 Å². The van der Waals surface area contributed by atoms with Crippen molar-refractivity contribution in [3.63, 3.8) is 0 Å². The molecule has 2 N–H and O–H groups in total. The molecule has 0 spiro atoms. The second-order valence-electron chi connectivity index (χ2n) is 5.53. The third kappa shape index (κ3) is 3.25. The molecule has 5 nitrogen and oxygen atoms in total. The van der Waals surface area contributed by atoms with Crippen molar-refractivity contribution in [3.8, 4) is 0 Å². The van der Waals surface area contributed by atoms with Crippen molar-refractivity contribution in [1.82, 2.24) is 15.2 Å². The highest BCUT2D eigenvalue weighted by molar-refractivity contribution is 5.83. The number of piperazine rings is 1. The van der Waals surface area contributed by atoms with Crippen LogP contribution in [0.3, 0.4) is 0 Å². The predicted octanol–water partition coefficient (Wildman–Crippen LogP) is 1.16. The van der Waals surface area contributed by atoms with E-state index < -0.39 is 0 Å². The molecule has 21 heavy (non-hydrogen) atoms. The topological polar surface area (TPSA) is 57.4 Å². The summed E-state index contributed by atoms with van der Waals surface area (Å²) in [6.45, 7) is 3.04. The standard InChI is InChI=1S/C16H21N3O2/c1-21-16(20)11-19-7-6-17-13(10-19)8-12-9-18-15-5-3-2-4-14(12)15/h2-5,9,13,17-18H,6-8,10-11H2,1H3. The quantitative estimate of drug-likeness (QED) is 0.829. The molecule has 0 bridgehead atoms. The first kappa shape index (κ1) is 14.1. The maximum Gasteiger partial charge on any atom is 0.319 e. The van der Waals surface area contributed by atoms with E-state index in [1.807, 2.05) is 6.07 Å². The number of hydrogen-bond donors (Lipinski definition) is 2. The van der Waals surface area contributed by atoms with Gasteiger partial charge in [-0.3, -0.25) is 9.69 Å². The lowest BCUT2D eigenvalue weighted by Gasteiger charge is -2.32. The predicted molar refractivity (Wildman–Crippen MR) is 82.2 cm³/mol. The van der Waals surface area contributed by atoms with Crippen LogP contribution in [0.1, 0.15) is 5.56 Å². The summed E-state index contributed by atoms with van der Waals surface area (Å²) in [5.41, 5.74) is 2.50. The minimum Gasteiger partial charge on any atom is -0.468 e. The summed E-state index contributed by atoms with van der Waals surface area (Å²) in [6, 6.07) is 8.71. The molecule has 1 unspecified atom stereocenters. The number of para-hydroxylation sites is 1. The third-order valence-electron chi connectivity index (χ3n) is 4.06. The van der Waals surface area contributed by atoms with Gasteiger partial charge in [0.15, 0.2) is 0 Å². The Morgan fingerprint density at radius 2 is 2.29 bits per heavy atom. The van der Waals surface area contributed by atoms with Gasteiger partial charge in [-0.15, -0.1) is 0 Å². The molecule has 112 valence electrons. The molecule has 0 amide bonds. The zero-order valence-corrected chi connectivity index (χ0v) is 12.3. The van der Waals surface area contributed by atoms with Crippen LogP contribution in [0, 0.1) is 0 Å². The van der Waals surface area contributed by atoms with Crippen LogP contribution >= 0.6 is 0 Å². The average molecular weight is 287 g/mol. The molecule has 1 aromatic heterocycles. The van der Waals surface area contributed by atoms with Gasteiger partial charge in [-0.25, -0.2) is 0 Å². The number of carbonyl (C=O) groups is 1. The second-order valence-corrected chi connectivity index (χ2v) is 5.53. The molecule has 1 aliphatic heterocycles. The van der Waals surface area contributed by atoms with Gasteiger partial charge in [-0.1, -0.05) is 18.2 Å². The number of methoxy groups -OCH3 is 1. The van der Waals surface area contributed by atoms with E-state index in [4.69, 9.17) is 4.74 Å². The van der Waals surface area contributed by atoms with Crippen LogP contribution in [-0.4, -0.2) is 55.2 Å². The summed E-state index contributed by atoms with van der Waals surface area (Å²) < 4.78 is 4.75. The fourth-order valence-electron chi connectivity index (χ4n) is 2.99. The van der Waals surface area contributed by atoms with Gasteiger partial charge in [-0.2, -0.15) is 0 Å². The van der Waals surface area contributed by atoms with Gasteiger partial charge in [0.1, 0.15) is 0 Å². The van der Waals surface area contributed by atoms with Crippen molar-refractivity contribution in [3.05, 3.63) is 36.0 Å². The molecule has 2 aromatic rings. The number of esters is 1. The van der Waals surface area contributed by atoms with Crippen LogP contribution in [0.15, 0.2) is 30.5 Å². The number of hydrogen-bond acceptors (Lipinski definition) is 4. The highest BCUT2D eigenvalue weighted by Gasteiger charge is 2.22. The molecule has 1 atom stereocenters. The highest BCUT2D eigenvalue weighted by Crippen LogP contribution is 2.19. The van der Waals surface area contributed by atoms with Crippen LogP contribution in [0.2, 0.25) is 0 Å². The molecule has 2 heterocycles. The lowest BCUT2D eigenvalue weighted by Crippen LogP contribution is -2.52. The maximum absolute atomic E-state index is 11.4. The minimum atomic E-state index is -0.164. The summed E-state index contributed by atoms with van der Waals surface area (Å²) in [5.74, 6) is -0.164. The number of benzene rings is 1. The molecule has 3 rings (SSSR count). The molecule has 1 aromatic carbocycles. The van der Waals surface area contributed by atoms with Gasteiger partial charge in [0.05, 0.1) is 13.7 Å². The highest BCUT2D eigenvalue weighted by atomic mass is 16.5. The first-order valence-corrected chi connectivity index (χ1v) is 7.34. The number of aromatic nitrogens is 1. The van der Waals surface area contributed by atoms with E-state index in [-0.39, 0.29) is 5.97 Å². The van der Waals surface area contributed by atoms with Crippen molar-refractivity contribution in [2.24, 2.45) is 0 Å². The van der Waals surface area contributed by atoms with E-state index in [1.165, 1.54) is 23.6 Å². The molecular weight excluding hydrogens is 266 g/mol. The smallest absolute Gasteiger partial charge is 0.319 e. The normalized spacial score (nSPS) is 19.8. The van der Waals surface area contributed by atoms with E-state index in [0.717, 1.165) is 26.1 Å². The fraction of sp³-hybridized carbons (Fsp3) is 0.438. The molecule has 5 heteroatoms. The number of aromatic amines is 1. The SMILES string of the molecule is COC(=O)CN1CCNC(Cc2c[nH]c3ccccc23)C1. The molecule has 1 fully saturated rings. The van der Waals surface area contributed by atoms with E-state index in [0.29, 0.717) is 12.6 Å². The van der Waals surface area contributed by atoms with E-state index in [9.17, 15) is 4.79 Å². The Balaban J connectivity index is 1.66. The number of nitrogens with one attached hydrogen (secondary N) is 2. The van der Waals surface area contributed by atoms with E-state index in [1.54, 1.807) is 0 Å². The van der Waals surface area contributed by atoms with Crippen LogP contribution < -0.4 is 5.32 Å². The zero-order chi connectivity index (χ0) is 14.7. The van der Waals surface area contributed by atoms with Gasteiger partial charge in [-0.05, 0) is 18.1 Å². The summed E-state index contributed by atoms with van der Waals surface area (Å²) >= 11 is 0. The number of H-pyrrole nitrogens is 1. The Labute approximate surface area is 124 Å². The van der Waals surface area contributed by atoms with E-state index in [2.05, 4.69) is 39.6 Å². The average Bonchev–Trinajstić information content (AvgIpc) is 2.91. The van der Waals surface area contributed by atoms with Crippen molar-refractivity contribution in [2.75, 3.05) is 33.3 Å². The van der Waals surface area contributed by atoms with Gasteiger partial charge in [0.2, 0.25) is 0 Å². The summed E-state index contributed by atoms with van der Waals surface area (Å²) in [6.07, 6.45) is 3.05. The fourth-order valence-corrected chi connectivity index (χ4v) is 2.99. The molecule has 0 saturated carbocycles. The number of ether oxygens (including phenoxy) is 1. The first-order chi connectivity index (χ1) is 10.3. The monoisotopic (exact) mass is 287 g/mol. The van der Waals surface area contributed by atoms with Crippen molar-refractivity contribution in [2.45, 2.75) is 12.5 Å². The maximum atomic E-state index is 11.4. The third-order valence-corrected chi connectivity index (χ3v) is 4.06. The van der Waals surface area contributed by atoms with Crippen LogP contribution in [0.25, 0.3) is 10.9 Å². The van der Waals surface area contributed by atoms with Crippen molar-refractivity contribution >= 4 is 16.9 Å². The van der Waals surface area contributed by atoms with Gasteiger partial charge in [0.25, 0.3) is 0 Å². The van der Waals surface area contributed by atoms with Gasteiger partial charge >= 0.3 is 5.97 Å². The van der Waals surface area contributed by atoms with E-state index >= 15 is 0 Å². The molecule has 1 aliphatic rings. The second kappa shape index (κ2) is 6.28. The molecular formula is C16H21N3O2. The zero-order valence-electron chi connectivity index (χ0n) is 12.3. The lowest BCUT2D eigenvalue weighted by atomic mass is 10.0. The van der Waals surface area contributed by atoms with Crippen molar-refractivity contribution < 1.29 is 9.53 Å². The number of fused-ring (bicyclic) bond motifs is 1. The summed E-state index contributed by atoms with van der Waals surface area (Å²) in [4.78, 5) is 16.9. The summed E-state index contributed by atoms with van der Waals surface area (Å²) in [7, 11) is 1.44. The van der Waals surface area contributed by atoms with Gasteiger partial charge < -0.3 is 15.0 Å². The first-order valence-electron chi connectivity index (χ1n) is 7.34. The molecule has 0 aliphatic carbocycles. The largest absolute Gasteiger partial charge is 0.468 e. The number of nitrogens with zero attached hydrogens (tertiary/aromatic N) is 1. The van der Waals surface area contributed by atoms with Crippen LogP contribution in [0.4, 0.5) is 0 Å². The minimum absolute atomic E-state index is 0.164. The van der Waals surface area contributed by atoms with Crippen molar-refractivity contribution in [1.29, 1.82) is 0 Å². The Kier molecular flexibility index (Phi) is 4.22. The lowest BCUT2D eigenvalue weighted by molar-refractivity contribution is -0.142. The molecule has 0 radical (unpaired) electrons.